The Morgan fingerprint density at radius 1 is 1.38 bits per heavy atom. The molecule has 0 amide bonds. The van der Waals surface area contributed by atoms with Crippen molar-refractivity contribution in [2.45, 2.75) is 25.7 Å². The van der Waals surface area contributed by atoms with Gasteiger partial charge in [0.05, 0.1) is 0 Å². The summed E-state index contributed by atoms with van der Waals surface area (Å²) >= 11 is 0. The number of hydrogen-bond acceptors (Lipinski definition) is 4. The highest BCUT2D eigenvalue weighted by atomic mass is 16.5. The second kappa shape index (κ2) is 3.33. The van der Waals surface area contributed by atoms with Crippen molar-refractivity contribution in [1.29, 1.82) is 0 Å². The van der Waals surface area contributed by atoms with Crippen molar-refractivity contribution < 1.29 is 4.52 Å². The molecule has 1 aliphatic carbocycles. The van der Waals surface area contributed by atoms with Crippen molar-refractivity contribution in [2.75, 3.05) is 5.73 Å². The van der Waals surface area contributed by atoms with Crippen molar-refractivity contribution in [2.24, 2.45) is 0 Å². The number of nitrogens with two attached hydrogens (primary N) is 1. The minimum atomic E-state index is 0.496. The van der Waals surface area contributed by atoms with Gasteiger partial charge in [-0.25, -0.2) is 0 Å². The summed E-state index contributed by atoms with van der Waals surface area (Å²) in [7, 11) is 0. The van der Waals surface area contributed by atoms with E-state index in [-0.39, 0.29) is 0 Å². The smallest absolute Gasteiger partial charge is 0.230 e. The number of nitrogens with zero attached hydrogens (tertiary/aromatic N) is 2. The SMILES string of the molecule is Cc1cc(-c2noc(C3CC3)n2)ccc1N. The predicted molar refractivity (Wildman–Crippen MR) is 60.9 cm³/mol. The zero-order chi connectivity index (χ0) is 11.1. The molecule has 1 heterocycles. The molecule has 1 fully saturated rings. The molecule has 0 saturated heterocycles. The Hall–Kier alpha value is -1.84. The number of nitrogen functional groups attached to an aromatic ring is 1. The monoisotopic (exact) mass is 215 g/mol. The lowest BCUT2D eigenvalue weighted by atomic mass is 10.1. The summed E-state index contributed by atoms with van der Waals surface area (Å²) in [6, 6.07) is 5.78. The lowest BCUT2D eigenvalue weighted by molar-refractivity contribution is 0.380. The molecular weight excluding hydrogens is 202 g/mol. The first kappa shape index (κ1) is 9.39. The molecule has 0 radical (unpaired) electrons. The Morgan fingerprint density at radius 3 is 2.88 bits per heavy atom. The van der Waals surface area contributed by atoms with E-state index in [4.69, 9.17) is 10.3 Å². The molecule has 0 aliphatic heterocycles. The summed E-state index contributed by atoms with van der Waals surface area (Å²) in [4.78, 5) is 4.39. The average molecular weight is 215 g/mol. The molecule has 0 atom stereocenters. The lowest BCUT2D eigenvalue weighted by Gasteiger charge is -2.00. The van der Waals surface area contributed by atoms with Crippen molar-refractivity contribution in [1.82, 2.24) is 10.1 Å². The molecule has 4 nitrogen and oxygen atoms in total. The number of benzene rings is 1. The van der Waals surface area contributed by atoms with Gasteiger partial charge in [0, 0.05) is 17.2 Å². The third-order valence-electron chi connectivity index (χ3n) is 2.90. The Balaban J connectivity index is 1.97. The van der Waals surface area contributed by atoms with Gasteiger partial charge >= 0.3 is 0 Å². The molecular formula is C12H13N3O. The van der Waals surface area contributed by atoms with Gasteiger partial charge in [-0.15, -0.1) is 0 Å². The molecule has 1 aromatic carbocycles. The quantitative estimate of drug-likeness (QED) is 0.782. The summed E-state index contributed by atoms with van der Waals surface area (Å²) in [5.74, 6) is 1.92. The molecule has 4 heteroatoms. The van der Waals surface area contributed by atoms with Gasteiger partial charge in [0.15, 0.2) is 0 Å². The predicted octanol–water partition coefficient (Wildman–Crippen LogP) is 2.50. The highest BCUT2D eigenvalue weighted by Crippen LogP contribution is 2.39. The van der Waals surface area contributed by atoms with Crippen LogP contribution in [0.15, 0.2) is 22.7 Å². The maximum atomic E-state index is 5.77. The minimum absolute atomic E-state index is 0.496. The molecule has 1 saturated carbocycles. The highest BCUT2D eigenvalue weighted by molar-refractivity contribution is 5.61. The van der Waals surface area contributed by atoms with Crippen molar-refractivity contribution in [3.05, 3.63) is 29.7 Å². The lowest BCUT2D eigenvalue weighted by Crippen LogP contribution is -1.90. The first-order valence-electron chi connectivity index (χ1n) is 5.44. The van der Waals surface area contributed by atoms with Gasteiger partial charge in [-0.05, 0) is 43.5 Å². The molecule has 82 valence electrons. The van der Waals surface area contributed by atoms with Crippen LogP contribution in [0.25, 0.3) is 11.4 Å². The second-order valence-corrected chi connectivity index (χ2v) is 4.30. The first-order chi connectivity index (χ1) is 7.74. The Morgan fingerprint density at radius 2 is 2.19 bits per heavy atom. The van der Waals surface area contributed by atoms with Crippen LogP contribution in [0.5, 0.6) is 0 Å². The van der Waals surface area contributed by atoms with Crippen LogP contribution < -0.4 is 5.73 Å². The Kier molecular flexibility index (Phi) is 1.96. The van der Waals surface area contributed by atoms with E-state index in [0.29, 0.717) is 11.7 Å². The molecule has 1 aliphatic rings. The number of rotatable bonds is 2. The summed E-state index contributed by atoms with van der Waals surface area (Å²) in [6.45, 7) is 1.97. The van der Waals surface area contributed by atoms with E-state index in [2.05, 4.69) is 10.1 Å². The van der Waals surface area contributed by atoms with Crippen LogP contribution in [0.3, 0.4) is 0 Å². The normalized spacial score (nSPS) is 15.3. The van der Waals surface area contributed by atoms with Gasteiger partial charge in [-0.1, -0.05) is 5.16 Å². The molecule has 0 unspecified atom stereocenters. The zero-order valence-corrected chi connectivity index (χ0v) is 9.10. The van der Waals surface area contributed by atoms with Crippen molar-refractivity contribution in [3.8, 4) is 11.4 Å². The fourth-order valence-electron chi connectivity index (χ4n) is 1.66. The molecule has 2 N–H and O–H groups in total. The van der Waals surface area contributed by atoms with Crippen molar-refractivity contribution in [3.63, 3.8) is 0 Å². The van der Waals surface area contributed by atoms with Gasteiger partial charge in [-0.3, -0.25) is 0 Å². The van der Waals surface area contributed by atoms with Gasteiger partial charge in [0.25, 0.3) is 0 Å². The van der Waals surface area contributed by atoms with Crippen LogP contribution in [-0.4, -0.2) is 10.1 Å². The molecule has 3 rings (SSSR count). The number of hydrogen-bond donors (Lipinski definition) is 1. The number of anilines is 1. The van der Waals surface area contributed by atoms with Gasteiger partial charge in [0.2, 0.25) is 11.7 Å². The van der Waals surface area contributed by atoms with E-state index in [1.54, 1.807) is 0 Å². The zero-order valence-electron chi connectivity index (χ0n) is 9.10. The fraction of sp³-hybridized carbons (Fsp3) is 0.333. The molecule has 16 heavy (non-hydrogen) atoms. The van der Waals surface area contributed by atoms with Crippen LogP contribution in [0.1, 0.15) is 30.2 Å². The van der Waals surface area contributed by atoms with E-state index in [1.807, 2.05) is 25.1 Å². The minimum Gasteiger partial charge on any atom is -0.399 e. The van der Waals surface area contributed by atoms with Crippen LogP contribution in [0, 0.1) is 6.92 Å². The van der Waals surface area contributed by atoms with Crippen LogP contribution in [0.4, 0.5) is 5.69 Å². The van der Waals surface area contributed by atoms with E-state index < -0.39 is 0 Å². The fourth-order valence-corrected chi connectivity index (χ4v) is 1.66. The summed E-state index contributed by atoms with van der Waals surface area (Å²) < 4.78 is 5.22. The summed E-state index contributed by atoms with van der Waals surface area (Å²) in [5, 5.41) is 3.99. The first-order valence-corrected chi connectivity index (χ1v) is 5.44. The standard InChI is InChI=1S/C12H13N3O/c1-7-6-9(4-5-10(7)13)11-14-12(16-15-11)8-2-3-8/h4-6,8H,2-3,13H2,1H3. The third-order valence-corrected chi connectivity index (χ3v) is 2.90. The number of aryl methyl sites for hydroxylation is 1. The molecule has 2 aromatic rings. The van der Waals surface area contributed by atoms with E-state index in [1.165, 1.54) is 12.8 Å². The van der Waals surface area contributed by atoms with E-state index in [9.17, 15) is 0 Å². The number of aromatic nitrogens is 2. The van der Waals surface area contributed by atoms with Crippen LogP contribution in [0.2, 0.25) is 0 Å². The van der Waals surface area contributed by atoms with Crippen LogP contribution in [-0.2, 0) is 0 Å². The largest absolute Gasteiger partial charge is 0.399 e. The van der Waals surface area contributed by atoms with Crippen LogP contribution >= 0.6 is 0 Å². The third kappa shape index (κ3) is 1.56. The maximum Gasteiger partial charge on any atom is 0.230 e. The van der Waals surface area contributed by atoms with E-state index in [0.717, 1.165) is 22.7 Å². The Labute approximate surface area is 93.5 Å². The second-order valence-electron chi connectivity index (χ2n) is 4.30. The Bertz CT molecular complexity index is 529. The highest BCUT2D eigenvalue weighted by Gasteiger charge is 2.29. The molecule has 0 spiro atoms. The van der Waals surface area contributed by atoms with Crippen molar-refractivity contribution >= 4 is 5.69 Å². The maximum absolute atomic E-state index is 5.77. The van der Waals surface area contributed by atoms with Gasteiger partial charge in [-0.2, -0.15) is 4.98 Å². The summed E-state index contributed by atoms with van der Waals surface area (Å²) in [6.07, 6.45) is 2.34. The topological polar surface area (TPSA) is 64.9 Å². The molecule has 0 bridgehead atoms. The summed E-state index contributed by atoms with van der Waals surface area (Å²) in [5.41, 5.74) is 8.55. The van der Waals surface area contributed by atoms with E-state index >= 15 is 0 Å². The van der Waals surface area contributed by atoms with Gasteiger partial charge < -0.3 is 10.3 Å². The average Bonchev–Trinajstić information content (AvgIpc) is 3.01. The molecule has 1 aromatic heterocycles. The van der Waals surface area contributed by atoms with Gasteiger partial charge in [0.1, 0.15) is 0 Å².